The Balaban J connectivity index is 1.39. The Morgan fingerprint density at radius 3 is 2.33 bits per heavy atom. The maximum absolute atomic E-state index is 13.0. The molecule has 0 saturated carbocycles. The van der Waals surface area contributed by atoms with Gasteiger partial charge in [0.25, 0.3) is 5.91 Å². The highest BCUT2D eigenvalue weighted by molar-refractivity contribution is 6.04. The number of nitrogens with zero attached hydrogens (tertiary/aromatic N) is 2. The summed E-state index contributed by atoms with van der Waals surface area (Å²) >= 11 is 0. The van der Waals surface area contributed by atoms with E-state index in [0.717, 1.165) is 22.6 Å². The lowest BCUT2D eigenvalue weighted by atomic mass is 10.1. The third-order valence-corrected chi connectivity index (χ3v) is 5.86. The van der Waals surface area contributed by atoms with Crippen LogP contribution in [0.25, 0.3) is 0 Å². The van der Waals surface area contributed by atoms with Gasteiger partial charge in [-0.15, -0.1) is 0 Å². The molecule has 1 N–H and O–H groups in total. The van der Waals surface area contributed by atoms with Gasteiger partial charge in [-0.2, -0.15) is 13.2 Å². The molecule has 2 amide bonds. The van der Waals surface area contributed by atoms with E-state index in [0.29, 0.717) is 31.9 Å². The zero-order valence-electron chi connectivity index (χ0n) is 16.4. The van der Waals surface area contributed by atoms with Gasteiger partial charge < -0.3 is 9.80 Å². The van der Waals surface area contributed by atoms with Crippen molar-refractivity contribution in [3.63, 3.8) is 0 Å². The van der Waals surface area contributed by atoms with Gasteiger partial charge in [0.15, 0.2) is 6.04 Å². The number of carbonyl (C=O) groups is 2. The molecule has 0 aliphatic carbocycles. The molecule has 0 bridgehead atoms. The fourth-order valence-electron chi connectivity index (χ4n) is 4.21. The number of benzene rings is 2. The van der Waals surface area contributed by atoms with Gasteiger partial charge in [-0.3, -0.25) is 14.5 Å². The quantitative estimate of drug-likeness (QED) is 0.770. The average Bonchev–Trinajstić information content (AvgIpc) is 3.02. The number of halogens is 3. The lowest BCUT2D eigenvalue weighted by Crippen LogP contribution is -3.19. The number of hydrogen-bond acceptors (Lipinski definition) is 3. The first-order valence-electron chi connectivity index (χ1n) is 9.98. The van der Waals surface area contributed by atoms with E-state index in [9.17, 15) is 22.8 Å². The zero-order chi connectivity index (χ0) is 21.3. The van der Waals surface area contributed by atoms with Gasteiger partial charge in [-0.05, 0) is 23.8 Å². The van der Waals surface area contributed by atoms with Crippen LogP contribution in [0, 0.1) is 0 Å². The van der Waals surface area contributed by atoms with Crippen LogP contribution in [0.5, 0.6) is 0 Å². The lowest BCUT2D eigenvalue weighted by Gasteiger charge is -2.35. The molecule has 0 radical (unpaired) electrons. The van der Waals surface area contributed by atoms with Gasteiger partial charge in [0, 0.05) is 5.69 Å². The molecule has 0 unspecified atom stereocenters. The van der Waals surface area contributed by atoms with Crippen molar-refractivity contribution in [2.45, 2.75) is 25.2 Å². The van der Waals surface area contributed by atoms with Gasteiger partial charge in [0.1, 0.15) is 0 Å². The summed E-state index contributed by atoms with van der Waals surface area (Å²) in [5.41, 5.74) is 0.774. The van der Waals surface area contributed by atoms with Crippen molar-refractivity contribution in [3.8, 4) is 0 Å². The molecule has 2 saturated heterocycles. The molecule has 1 atom stereocenters. The van der Waals surface area contributed by atoms with Gasteiger partial charge in [-0.25, -0.2) is 0 Å². The van der Waals surface area contributed by atoms with Crippen LogP contribution in [0.3, 0.4) is 0 Å². The van der Waals surface area contributed by atoms with Crippen LogP contribution in [0.1, 0.15) is 17.5 Å². The Bertz CT molecular complexity index is 925. The molecule has 2 aromatic carbocycles. The number of quaternary nitrogens is 1. The van der Waals surface area contributed by atoms with E-state index >= 15 is 0 Å². The van der Waals surface area contributed by atoms with Gasteiger partial charge in [0.2, 0.25) is 5.91 Å². The third kappa shape index (κ3) is 4.18. The van der Waals surface area contributed by atoms with Crippen LogP contribution < -0.4 is 9.80 Å². The maximum atomic E-state index is 13.0. The Kier molecular flexibility index (Phi) is 5.51. The van der Waals surface area contributed by atoms with E-state index < -0.39 is 17.8 Å². The number of likely N-dealkylation sites (tertiary alicyclic amines) is 1. The number of carbonyl (C=O) groups excluding carboxylic acids is 2. The topological polar surface area (TPSA) is 45.1 Å². The summed E-state index contributed by atoms with van der Waals surface area (Å²) in [6.45, 7) is 2.54. The highest BCUT2D eigenvalue weighted by atomic mass is 19.4. The number of nitrogens with one attached hydrogen (secondary N) is 1. The summed E-state index contributed by atoms with van der Waals surface area (Å²) in [4.78, 5) is 29.6. The van der Waals surface area contributed by atoms with Crippen molar-refractivity contribution >= 4 is 17.5 Å². The van der Waals surface area contributed by atoms with Crippen molar-refractivity contribution in [1.29, 1.82) is 0 Å². The van der Waals surface area contributed by atoms with E-state index in [-0.39, 0.29) is 24.8 Å². The second-order valence-corrected chi connectivity index (χ2v) is 7.75. The summed E-state index contributed by atoms with van der Waals surface area (Å²) in [6.07, 6.45) is -4.19. The molecule has 2 aliphatic rings. The van der Waals surface area contributed by atoms with Crippen molar-refractivity contribution in [2.24, 2.45) is 0 Å². The summed E-state index contributed by atoms with van der Waals surface area (Å²) < 4.78 is 38.9. The van der Waals surface area contributed by atoms with Crippen LogP contribution in [0.4, 0.5) is 18.9 Å². The Morgan fingerprint density at radius 2 is 1.67 bits per heavy atom. The number of hydrogen-bond donors (Lipinski definition) is 1. The number of rotatable bonds is 4. The minimum Gasteiger partial charge on any atom is -0.360 e. The number of amides is 2. The number of piperazine rings is 1. The van der Waals surface area contributed by atoms with Crippen LogP contribution in [0.2, 0.25) is 0 Å². The highest BCUT2D eigenvalue weighted by Crippen LogP contribution is 2.31. The molecule has 30 heavy (non-hydrogen) atoms. The van der Waals surface area contributed by atoms with E-state index in [1.54, 1.807) is 6.07 Å². The van der Waals surface area contributed by atoms with Crippen LogP contribution >= 0.6 is 0 Å². The first-order chi connectivity index (χ1) is 14.3. The normalized spacial score (nSPS) is 20.8. The van der Waals surface area contributed by atoms with Gasteiger partial charge in [0.05, 0.1) is 44.7 Å². The van der Waals surface area contributed by atoms with E-state index in [4.69, 9.17) is 0 Å². The van der Waals surface area contributed by atoms with E-state index in [1.807, 2.05) is 35.2 Å². The molecule has 4 rings (SSSR count). The van der Waals surface area contributed by atoms with Gasteiger partial charge in [-0.1, -0.05) is 36.4 Å². The minimum absolute atomic E-state index is 0.161. The van der Waals surface area contributed by atoms with Crippen molar-refractivity contribution in [3.05, 3.63) is 65.7 Å². The standard InChI is InChI=1S/C22H22F3N3O2/c23-22(24,25)17-7-4-8-18(13-17)26-9-11-27(12-10-26)19-14-20(29)28(21(19)30)15-16-5-2-1-3-6-16/h1-8,13,19H,9-12,14-15H2/p+1/t19-/m0/s1. The average molecular weight is 418 g/mol. The van der Waals surface area contributed by atoms with Crippen molar-refractivity contribution in [2.75, 3.05) is 31.1 Å². The Morgan fingerprint density at radius 1 is 0.967 bits per heavy atom. The van der Waals surface area contributed by atoms with Crippen molar-refractivity contribution < 1.29 is 27.7 Å². The molecule has 8 heteroatoms. The first-order valence-corrected chi connectivity index (χ1v) is 9.98. The lowest BCUT2D eigenvalue weighted by molar-refractivity contribution is -0.915. The Hall–Kier alpha value is -2.87. The predicted octanol–water partition coefficient (Wildman–Crippen LogP) is 1.74. The molecule has 2 aliphatic heterocycles. The summed E-state index contributed by atoms with van der Waals surface area (Å²) in [6, 6.07) is 14.3. The van der Waals surface area contributed by atoms with Crippen LogP contribution in [-0.2, 0) is 22.3 Å². The molecule has 5 nitrogen and oxygen atoms in total. The van der Waals surface area contributed by atoms with Crippen molar-refractivity contribution in [1.82, 2.24) is 4.90 Å². The summed E-state index contributed by atoms with van der Waals surface area (Å²) in [7, 11) is 0. The molecule has 158 valence electrons. The van der Waals surface area contributed by atoms with E-state index in [1.165, 1.54) is 11.0 Å². The Labute approximate surface area is 172 Å². The smallest absolute Gasteiger partial charge is 0.360 e. The van der Waals surface area contributed by atoms with Gasteiger partial charge >= 0.3 is 6.18 Å². The molecule has 2 aromatic rings. The SMILES string of the molecule is O=C1C[C@H]([NH+]2CCN(c3cccc(C(F)(F)F)c3)CC2)C(=O)N1Cc1ccccc1. The second kappa shape index (κ2) is 8.10. The monoisotopic (exact) mass is 418 g/mol. The summed E-state index contributed by atoms with van der Waals surface area (Å²) in [5, 5.41) is 0. The minimum atomic E-state index is -4.37. The largest absolute Gasteiger partial charge is 0.416 e. The molecule has 2 heterocycles. The second-order valence-electron chi connectivity index (χ2n) is 7.75. The molecule has 2 fully saturated rings. The third-order valence-electron chi connectivity index (χ3n) is 5.86. The number of imide groups is 1. The molecule has 0 spiro atoms. The van der Waals surface area contributed by atoms with Crippen LogP contribution in [-0.4, -0.2) is 48.9 Å². The molecular formula is C22H23F3N3O2+. The molecular weight excluding hydrogens is 395 g/mol. The zero-order valence-corrected chi connectivity index (χ0v) is 16.4. The van der Waals surface area contributed by atoms with Crippen LogP contribution in [0.15, 0.2) is 54.6 Å². The predicted molar refractivity (Wildman–Crippen MR) is 105 cm³/mol. The number of anilines is 1. The molecule has 0 aromatic heterocycles. The fourth-order valence-corrected chi connectivity index (χ4v) is 4.21. The van der Waals surface area contributed by atoms with E-state index in [2.05, 4.69) is 0 Å². The summed E-state index contributed by atoms with van der Waals surface area (Å²) in [5.74, 6) is -0.326. The number of alkyl halides is 3. The highest BCUT2D eigenvalue weighted by Gasteiger charge is 2.45. The maximum Gasteiger partial charge on any atom is 0.416 e. The fraction of sp³-hybridized carbons (Fsp3) is 0.364. The first kappa shape index (κ1) is 20.4.